The van der Waals surface area contributed by atoms with Gasteiger partial charge in [-0.25, -0.2) is 18.7 Å². The molecule has 0 radical (unpaired) electrons. The SMILES string of the molecule is C[C@H]1[C@H](O)CN1c1nc(C(F)F)c(Cl)c(C23CNCC2C3CC(=O)O)n1. The van der Waals surface area contributed by atoms with Crippen molar-refractivity contribution >= 4 is 23.5 Å². The van der Waals surface area contributed by atoms with Crippen LogP contribution in [0.3, 0.4) is 0 Å². The number of aliphatic hydroxyl groups is 1. The number of halogens is 3. The van der Waals surface area contributed by atoms with Crippen molar-refractivity contribution in [3.05, 3.63) is 16.4 Å². The van der Waals surface area contributed by atoms with E-state index >= 15 is 0 Å². The third-order valence-electron chi connectivity index (χ3n) is 6.08. The van der Waals surface area contributed by atoms with Gasteiger partial charge >= 0.3 is 5.97 Å². The number of nitrogens with one attached hydrogen (secondary N) is 1. The zero-order chi connectivity index (χ0) is 18.8. The Hall–Kier alpha value is -1.58. The first-order valence-electron chi connectivity index (χ1n) is 8.50. The molecule has 3 N–H and O–H groups in total. The molecule has 1 aromatic rings. The van der Waals surface area contributed by atoms with Crippen LogP contribution >= 0.6 is 11.6 Å². The molecule has 2 aliphatic heterocycles. The molecule has 3 fully saturated rings. The van der Waals surface area contributed by atoms with E-state index in [1.165, 1.54) is 0 Å². The summed E-state index contributed by atoms with van der Waals surface area (Å²) in [6.07, 6.45) is -3.48. The maximum atomic E-state index is 13.5. The number of carbonyl (C=O) groups is 1. The first-order valence-corrected chi connectivity index (χ1v) is 8.88. The fourth-order valence-corrected chi connectivity index (χ4v) is 4.80. The summed E-state index contributed by atoms with van der Waals surface area (Å²) in [5, 5.41) is 21.9. The van der Waals surface area contributed by atoms with Crippen LogP contribution in [-0.2, 0) is 10.2 Å². The smallest absolute Gasteiger partial charge is 0.303 e. The van der Waals surface area contributed by atoms with Gasteiger partial charge in [0.05, 0.1) is 22.9 Å². The molecule has 10 heteroatoms. The van der Waals surface area contributed by atoms with Gasteiger partial charge in [-0.15, -0.1) is 0 Å². The number of nitrogens with zero attached hydrogens (tertiary/aromatic N) is 3. The zero-order valence-electron chi connectivity index (χ0n) is 14.0. The monoisotopic (exact) mass is 388 g/mol. The van der Waals surface area contributed by atoms with Crippen LogP contribution in [0.4, 0.5) is 14.7 Å². The lowest BCUT2D eigenvalue weighted by Gasteiger charge is -2.43. The molecule has 4 rings (SSSR count). The van der Waals surface area contributed by atoms with Gasteiger partial charge in [0, 0.05) is 24.9 Å². The number of carboxylic acids is 1. The fourth-order valence-electron chi connectivity index (χ4n) is 4.46. The van der Waals surface area contributed by atoms with E-state index < -0.39 is 29.6 Å². The van der Waals surface area contributed by atoms with E-state index in [1.54, 1.807) is 11.8 Å². The zero-order valence-corrected chi connectivity index (χ0v) is 14.7. The Balaban J connectivity index is 1.78. The summed E-state index contributed by atoms with van der Waals surface area (Å²) >= 11 is 6.26. The number of carboxylic acid groups (broad SMARTS) is 1. The maximum absolute atomic E-state index is 13.5. The van der Waals surface area contributed by atoms with E-state index in [0.29, 0.717) is 18.8 Å². The number of piperidine rings is 1. The molecule has 3 heterocycles. The Morgan fingerprint density at radius 1 is 1.50 bits per heavy atom. The molecule has 3 unspecified atom stereocenters. The molecule has 5 atom stereocenters. The minimum absolute atomic E-state index is 0.00350. The third kappa shape index (κ3) is 2.40. The Kier molecular flexibility index (Phi) is 4.09. The van der Waals surface area contributed by atoms with Gasteiger partial charge in [0.25, 0.3) is 6.43 Å². The van der Waals surface area contributed by atoms with Crippen LogP contribution in [0.15, 0.2) is 0 Å². The summed E-state index contributed by atoms with van der Waals surface area (Å²) in [5.74, 6) is -1.00. The fraction of sp³-hybridized carbons (Fsp3) is 0.688. The van der Waals surface area contributed by atoms with Gasteiger partial charge in [-0.1, -0.05) is 11.6 Å². The van der Waals surface area contributed by atoms with Gasteiger partial charge in [-0.05, 0) is 25.3 Å². The van der Waals surface area contributed by atoms with Crippen LogP contribution in [0.2, 0.25) is 5.02 Å². The third-order valence-corrected chi connectivity index (χ3v) is 6.45. The second kappa shape index (κ2) is 5.97. The standard InChI is InChI=1S/C16H19ClF2N4O3/c1-6-9(24)4-23(6)15-21-12(14(18)19)11(17)13(22-15)16-5-20-3-8(16)7(16)2-10(25)26/h6-9,14,20,24H,2-5H2,1H3,(H,25,26)/t6-,7?,8?,9+,16?/m0/s1. The largest absolute Gasteiger partial charge is 0.481 e. The van der Waals surface area contributed by atoms with E-state index in [-0.39, 0.29) is 41.8 Å². The van der Waals surface area contributed by atoms with Gasteiger partial charge in [0.1, 0.15) is 5.69 Å². The van der Waals surface area contributed by atoms with E-state index in [4.69, 9.17) is 16.7 Å². The van der Waals surface area contributed by atoms with Crippen molar-refractivity contribution in [3.8, 4) is 0 Å². The van der Waals surface area contributed by atoms with Crippen molar-refractivity contribution in [2.24, 2.45) is 11.8 Å². The molecule has 26 heavy (non-hydrogen) atoms. The van der Waals surface area contributed by atoms with Gasteiger partial charge in [-0.3, -0.25) is 4.79 Å². The van der Waals surface area contributed by atoms with Crippen molar-refractivity contribution in [2.45, 2.75) is 37.3 Å². The van der Waals surface area contributed by atoms with Crippen LogP contribution in [0.25, 0.3) is 0 Å². The van der Waals surface area contributed by atoms with Crippen LogP contribution in [0, 0.1) is 11.8 Å². The van der Waals surface area contributed by atoms with E-state index in [1.807, 2.05) is 0 Å². The van der Waals surface area contributed by atoms with E-state index in [0.717, 1.165) is 0 Å². The van der Waals surface area contributed by atoms with Crippen LogP contribution in [0.5, 0.6) is 0 Å². The molecule has 0 spiro atoms. The summed E-state index contributed by atoms with van der Waals surface area (Å²) in [6, 6.07) is -0.279. The van der Waals surface area contributed by atoms with Crippen LogP contribution in [-0.4, -0.2) is 57.9 Å². The lowest BCUT2D eigenvalue weighted by atomic mass is 9.96. The number of anilines is 1. The van der Waals surface area contributed by atoms with Gasteiger partial charge < -0.3 is 20.4 Å². The Labute approximate surface area is 153 Å². The van der Waals surface area contributed by atoms with Crippen LogP contribution in [0.1, 0.15) is 31.2 Å². The molecule has 1 aromatic heterocycles. The predicted octanol–water partition coefficient (Wildman–Crippen LogP) is 1.20. The van der Waals surface area contributed by atoms with Crippen LogP contribution < -0.4 is 10.2 Å². The number of aliphatic hydroxyl groups excluding tert-OH is 1. The number of aliphatic carboxylic acids is 1. The highest BCUT2D eigenvalue weighted by Crippen LogP contribution is 2.64. The quantitative estimate of drug-likeness (QED) is 0.697. The Morgan fingerprint density at radius 3 is 2.81 bits per heavy atom. The number of rotatable bonds is 5. The minimum Gasteiger partial charge on any atom is -0.481 e. The number of β-amino-alcohol motifs (C(OH)–C–C–N with tert-alkyl or cyclic N) is 1. The number of fused-ring (bicyclic) bond motifs is 1. The van der Waals surface area contributed by atoms with Crippen molar-refractivity contribution in [3.63, 3.8) is 0 Å². The minimum atomic E-state index is -2.87. The summed E-state index contributed by atoms with van der Waals surface area (Å²) in [6.45, 7) is 3.08. The molecular formula is C16H19ClF2N4O3. The molecule has 0 bridgehead atoms. The van der Waals surface area contributed by atoms with Crippen molar-refractivity contribution in [2.75, 3.05) is 24.5 Å². The van der Waals surface area contributed by atoms with Gasteiger partial charge in [-0.2, -0.15) is 0 Å². The molecule has 1 aliphatic carbocycles. The average Bonchev–Trinajstić information content (AvgIpc) is 2.97. The lowest BCUT2D eigenvalue weighted by molar-refractivity contribution is -0.137. The van der Waals surface area contributed by atoms with E-state index in [9.17, 15) is 18.7 Å². The number of hydrogen-bond acceptors (Lipinski definition) is 6. The maximum Gasteiger partial charge on any atom is 0.303 e. The van der Waals surface area contributed by atoms with Crippen molar-refractivity contribution in [1.82, 2.24) is 15.3 Å². The molecule has 3 aliphatic rings. The second-order valence-corrected chi connectivity index (χ2v) is 7.69. The molecule has 1 saturated carbocycles. The summed E-state index contributed by atoms with van der Waals surface area (Å²) < 4.78 is 27.1. The Morgan fingerprint density at radius 2 is 2.23 bits per heavy atom. The number of aromatic nitrogens is 2. The Bertz CT molecular complexity index is 767. The number of alkyl halides is 2. The first-order chi connectivity index (χ1) is 12.3. The average molecular weight is 389 g/mol. The van der Waals surface area contributed by atoms with Gasteiger partial charge in [0.15, 0.2) is 0 Å². The van der Waals surface area contributed by atoms with Crippen molar-refractivity contribution in [1.29, 1.82) is 0 Å². The molecule has 0 aromatic carbocycles. The highest BCUT2D eigenvalue weighted by Gasteiger charge is 2.69. The lowest BCUT2D eigenvalue weighted by Crippen LogP contribution is -2.59. The highest BCUT2D eigenvalue weighted by molar-refractivity contribution is 6.32. The molecule has 7 nitrogen and oxygen atoms in total. The van der Waals surface area contributed by atoms with Gasteiger partial charge in [0.2, 0.25) is 5.95 Å². The summed E-state index contributed by atoms with van der Waals surface area (Å²) in [7, 11) is 0. The normalized spacial score (nSPS) is 35.4. The van der Waals surface area contributed by atoms with Crippen molar-refractivity contribution < 1.29 is 23.8 Å². The summed E-state index contributed by atoms with van der Waals surface area (Å²) in [4.78, 5) is 21.2. The predicted molar refractivity (Wildman–Crippen MR) is 88.6 cm³/mol. The molecule has 2 saturated heterocycles. The summed E-state index contributed by atoms with van der Waals surface area (Å²) in [5.41, 5.74) is -0.890. The molecule has 0 amide bonds. The molecular weight excluding hydrogens is 370 g/mol. The topological polar surface area (TPSA) is 98.6 Å². The first kappa shape index (κ1) is 17.8. The van der Waals surface area contributed by atoms with E-state index in [2.05, 4.69) is 15.3 Å². The second-order valence-electron chi connectivity index (χ2n) is 7.31. The number of hydrogen-bond donors (Lipinski definition) is 3. The molecule has 142 valence electrons. The highest BCUT2D eigenvalue weighted by atomic mass is 35.5.